The fraction of sp³-hybridized carbons (Fsp3) is 0.360. The summed E-state index contributed by atoms with van der Waals surface area (Å²) in [5.41, 5.74) is 0.119. The molecule has 13 heteroatoms. The van der Waals surface area contributed by atoms with Gasteiger partial charge in [-0.15, -0.1) is 0 Å². The molecule has 2 aliphatic rings. The van der Waals surface area contributed by atoms with E-state index in [1.165, 1.54) is 35.1 Å². The lowest BCUT2D eigenvalue weighted by Crippen LogP contribution is -2.40. The van der Waals surface area contributed by atoms with E-state index in [2.05, 4.69) is 30.2 Å². The van der Waals surface area contributed by atoms with Crippen LogP contribution in [0, 0.1) is 11.8 Å². The molecule has 1 aliphatic heterocycles. The van der Waals surface area contributed by atoms with Crippen LogP contribution in [0.4, 0.5) is 11.6 Å². The van der Waals surface area contributed by atoms with Crippen molar-refractivity contribution in [1.29, 1.82) is 0 Å². The number of aromatic nitrogens is 7. The van der Waals surface area contributed by atoms with E-state index in [1.807, 2.05) is 12.1 Å². The summed E-state index contributed by atoms with van der Waals surface area (Å²) in [6.07, 6.45) is 7.90. The van der Waals surface area contributed by atoms with Gasteiger partial charge in [0, 0.05) is 31.9 Å². The number of imidazole rings is 1. The average Bonchev–Trinajstić information content (AvgIpc) is 3.32. The van der Waals surface area contributed by atoms with Gasteiger partial charge in [0.25, 0.3) is 5.56 Å². The van der Waals surface area contributed by atoms with Gasteiger partial charge in [0.1, 0.15) is 18.1 Å². The number of nitrogens with zero attached hydrogens (tertiary/aromatic N) is 8. The Kier molecular flexibility index (Phi) is 5.62. The van der Waals surface area contributed by atoms with Crippen LogP contribution in [-0.2, 0) is 23.2 Å². The first-order chi connectivity index (χ1) is 18.4. The van der Waals surface area contributed by atoms with Gasteiger partial charge in [0.15, 0.2) is 17.0 Å². The Morgan fingerprint density at radius 1 is 1.16 bits per heavy atom. The number of amides is 1. The molecule has 2 unspecified atom stereocenters. The maximum atomic E-state index is 13.1. The molecule has 1 saturated carbocycles. The molecule has 38 heavy (non-hydrogen) atoms. The minimum absolute atomic E-state index is 0.0397. The smallest absolute Gasteiger partial charge is 0.332 e. The number of hydrogen-bond donors (Lipinski definition) is 1. The lowest BCUT2D eigenvalue weighted by Gasteiger charge is -2.19. The second-order valence-electron chi connectivity index (χ2n) is 9.77. The van der Waals surface area contributed by atoms with Crippen LogP contribution >= 0.6 is 0 Å². The molecule has 2 fully saturated rings. The van der Waals surface area contributed by atoms with Gasteiger partial charge in [-0.05, 0) is 37.3 Å². The lowest BCUT2D eigenvalue weighted by molar-refractivity contribution is -0.118. The Hall–Kier alpha value is -4.68. The molecule has 194 valence electrons. The van der Waals surface area contributed by atoms with Gasteiger partial charge in [0.05, 0.1) is 31.0 Å². The van der Waals surface area contributed by atoms with E-state index in [1.54, 1.807) is 19.3 Å². The van der Waals surface area contributed by atoms with E-state index in [0.29, 0.717) is 12.0 Å². The number of carbonyl (C=O) groups excluding carboxylic acids is 2. The second kappa shape index (κ2) is 9.01. The number of rotatable bonds is 7. The van der Waals surface area contributed by atoms with Crippen LogP contribution < -0.4 is 21.5 Å². The molecule has 0 radical (unpaired) electrons. The van der Waals surface area contributed by atoms with E-state index < -0.39 is 29.7 Å². The monoisotopic (exact) mass is 515 g/mol. The number of piperidine rings is 1. The quantitative estimate of drug-likeness (QED) is 0.349. The van der Waals surface area contributed by atoms with Gasteiger partial charge >= 0.3 is 5.69 Å². The second-order valence-corrected chi connectivity index (χ2v) is 9.77. The summed E-state index contributed by atoms with van der Waals surface area (Å²) < 4.78 is 3.34. The van der Waals surface area contributed by atoms with Crippen molar-refractivity contribution in [3.8, 4) is 11.3 Å². The van der Waals surface area contributed by atoms with Crippen LogP contribution in [0.3, 0.4) is 0 Å². The number of nitrogens with one attached hydrogen (secondary N) is 1. The standard InChI is InChI=1S/C25H25N9O4/c1-14(34-13-28-22-21(34)24(37)33(5-6-35)25(38)31(22)2)23(36)30-19-10-26-9-18(29-19)15-3-4-20(27-8-15)32-11-16-7-17(16)12-32/h3-4,6,8-10,13-14,16-17H,5,7,11-12H2,1-2H3,(H,29,30,36)/t14-,16?,17?/m0/s1. The molecule has 1 aliphatic carbocycles. The third-order valence-corrected chi connectivity index (χ3v) is 7.34. The first kappa shape index (κ1) is 23.7. The normalized spacial score (nSPS) is 18.8. The fourth-order valence-corrected chi connectivity index (χ4v) is 5.05. The van der Waals surface area contributed by atoms with Gasteiger partial charge in [-0.3, -0.25) is 23.7 Å². The highest BCUT2D eigenvalue weighted by atomic mass is 16.2. The van der Waals surface area contributed by atoms with E-state index in [9.17, 15) is 19.2 Å². The molecule has 0 spiro atoms. The molecule has 4 aromatic rings. The number of anilines is 2. The van der Waals surface area contributed by atoms with Gasteiger partial charge in [-0.1, -0.05) is 0 Å². The summed E-state index contributed by atoms with van der Waals surface area (Å²) >= 11 is 0. The third kappa shape index (κ3) is 3.96. The van der Waals surface area contributed by atoms with Crippen molar-refractivity contribution in [2.45, 2.75) is 25.9 Å². The average molecular weight is 516 g/mol. The first-order valence-corrected chi connectivity index (χ1v) is 12.3. The van der Waals surface area contributed by atoms with Crippen LogP contribution in [-0.4, -0.2) is 58.9 Å². The molecule has 6 rings (SSSR count). The third-order valence-electron chi connectivity index (χ3n) is 7.34. The van der Waals surface area contributed by atoms with Gasteiger partial charge in [-0.2, -0.15) is 0 Å². The molecule has 3 atom stereocenters. The molecule has 1 saturated heterocycles. The van der Waals surface area contributed by atoms with Crippen molar-refractivity contribution in [2.75, 3.05) is 23.3 Å². The molecule has 1 N–H and O–H groups in total. The molecular weight excluding hydrogens is 490 g/mol. The van der Waals surface area contributed by atoms with Crippen LogP contribution in [0.25, 0.3) is 22.4 Å². The Labute approximate surface area is 215 Å². The summed E-state index contributed by atoms with van der Waals surface area (Å²) in [5, 5.41) is 2.73. The molecule has 13 nitrogen and oxygen atoms in total. The maximum Gasteiger partial charge on any atom is 0.332 e. The van der Waals surface area contributed by atoms with E-state index in [4.69, 9.17) is 0 Å². The predicted octanol–water partition coefficient (Wildman–Crippen LogP) is 0.603. The fourth-order valence-electron chi connectivity index (χ4n) is 5.05. The number of aldehydes is 1. The Balaban J connectivity index is 1.22. The minimum atomic E-state index is -0.882. The summed E-state index contributed by atoms with van der Waals surface area (Å²) in [4.78, 5) is 69.3. The highest BCUT2D eigenvalue weighted by Gasteiger charge is 2.45. The highest BCUT2D eigenvalue weighted by molar-refractivity contribution is 5.93. The van der Waals surface area contributed by atoms with Crippen LogP contribution in [0.15, 0.2) is 46.6 Å². The van der Waals surface area contributed by atoms with Crippen LogP contribution in [0.2, 0.25) is 0 Å². The minimum Gasteiger partial charge on any atom is -0.356 e. The van der Waals surface area contributed by atoms with Crippen molar-refractivity contribution < 1.29 is 9.59 Å². The van der Waals surface area contributed by atoms with E-state index >= 15 is 0 Å². The summed E-state index contributed by atoms with van der Waals surface area (Å²) in [6, 6.07) is 3.04. The highest BCUT2D eigenvalue weighted by Crippen LogP contribution is 2.45. The van der Waals surface area contributed by atoms with Gasteiger partial charge < -0.3 is 19.6 Å². The zero-order chi connectivity index (χ0) is 26.6. The summed E-state index contributed by atoms with van der Waals surface area (Å²) in [5.74, 6) is 2.35. The molecule has 0 aromatic carbocycles. The SMILES string of the molecule is C[C@@H](C(=O)Nc1cncc(-c2ccc(N3CC4CC4C3)nc2)n1)n1cnc2c1c(=O)n(CC=O)c(=O)n2C. The number of carbonyl (C=O) groups is 2. The van der Waals surface area contributed by atoms with E-state index in [-0.39, 0.29) is 17.0 Å². The molecule has 0 bridgehead atoms. The Bertz CT molecular complexity index is 1680. The predicted molar refractivity (Wildman–Crippen MR) is 138 cm³/mol. The van der Waals surface area contributed by atoms with Crippen molar-refractivity contribution in [3.05, 3.63) is 57.9 Å². The van der Waals surface area contributed by atoms with Crippen LogP contribution in [0.5, 0.6) is 0 Å². The van der Waals surface area contributed by atoms with Crippen molar-refractivity contribution in [1.82, 2.24) is 33.6 Å². The molecule has 4 aromatic heterocycles. The Morgan fingerprint density at radius 3 is 2.66 bits per heavy atom. The molecule has 5 heterocycles. The zero-order valence-electron chi connectivity index (χ0n) is 20.8. The number of hydrogen-bond acceptors (Lipinski definition) is 9. The van der Waals surface area contributed by atoms with E-state index in [0.717, 1.165) is 40.9 Å². The largest absolute Gasteiger partial charge is 0.356 e. The zero-order valence-corrected chi connectivity index (χ0v) is 20.8. The first-order valence-electron chi connectivity index (χ1n) is 12.3. The topological polar surface area (TPSA) is 150 Å². The molecule has 1 amide bonds. The van der Waals surface area contributed by atoms with Crippen molar-refractivity contribution in [2.24, 2.45) is 18.9 Å². The van der Waals surface area contributed by atoms with Gasteiger partial charge in [0.2, 0.25) is 5.91 Å². The lowest BCUT2D eigenvalue weighted by atomic mass is 10.2. The van der Waals surface area contributed by atoms with Crippen LogP contribution in [0.1, 0.15) is 19.4 Å². The maximum absolute atomic E-state index is 13.1. The van der Waals surface area contributed by atoms with Gasteiger partial charge in [-0.25, -0.2) is 19.7 Å². The number of fused-ring (bicyclic) bond motifs is 2. The van der Waals surface area contributed by atoms with Crippen molar-refractivity contribution >= 4 is 35.0 Å². The Morgan fingerprint density at radius 2 is 1.95 bits per heavy atom. The number of aryl methyl sites for hydroxylation is 1. The summed E-state index contributed by atoms with van der Waals surface area (Å²) in [6.45, 7) is 3.31. The molecular formula is C25H25N9O4. The van der Waals surface area contributed by atoms with Crippen molar-refractivity contribution in [3.63, 3.8) is 0 Å². The summed E-state index contributed by atoms with van der Waals surface area (Å²) in [7, 11) is 1.45. The number of pyridine rings is 1.